The minimum atomic E-state index is -0.290. The van der Waals surface area contributed by atoms with Crippen LogP contribution in [0.5, 0.6) is 0 Å². The summed E-state index contributed by atoms with van der Waals surface area (Å²) >= 11 is 0. The van der Waals surface area contributed by atoms with E-state index in [0.29, 0.717) is 37.9 Å². The number of benzene rings is 2. The molecule has 2 amide bonds. The van der Waals surface area contributed by atoms with Gasteiger partial charge in [0.1, 0.15) is 12.4 Å². The highest BCUT2D eigenvalue weighted by molar-refractivity contribution is 5.87. The summed E-state index contributed by atoms with van der Waals surface area (Å²) in [6, 6.07) is 10.4. The van der Waals surface area contributed by atoms with E-state index in [2.05, 4.69) is 20.8 Å². The Hall–Kier alpha value is -3.83. The van der Waals surface area contributed by atoms with E-state index < -0.39 is 0 Å². The lowest BCUT2D eigenvalue weighted by molar-refractivity contribution is -0.151. The number of amides is 2. The lowest BCUT2D eigenvalue weighted by Gasteiger charge is -2.31. The minimum Gasteiger partial charge on any atom is -0.376 e. The third kappa shape index (κ3) is 6.53. The van der Waals surface area contributed by atoms with Gasteiger partial charge < -0.3 is 20.1 Å². The highest BCUT2D eigenvalue weighted by atomic mass is 19.1. The van der Waals surface area contributed by atoms with E-state index >= 15 is 0 Å². The summed E-state index contributed by atoms with van der Waals surface area (Å²) in [4.78, 5) is 32.1. The summed E-state index contributed by atoms with van der Waals surface area (Å²) in [5.74, 6) is 0.318. The Bertz CT molecular complexity index is 1300. The third-order valence-corrected chi connectivity index (χ3v) is 6.59. The first kappa shape index (κ1) is 27.2. The second-order valence-corrected chi connectivity index (χ2v) is 9.34. The van der Waals surface area contributed by atoms with Crippen molar-refractivity contribution in [2.45, 2.75) is 33.9 Å². The number of carbonyl (C=O) groups excluding carboxylic acids is 2. The van der Waals surface area contributed by atoms with Gasteiger partial charge in [-0.15, -0.1) is 0 Å². The van der Waals surface area contributed by atoms with E-state index in [4.69, 9.17) is 4.52 Å². The van der Waals surface area contributed by atoms with Crippen LogP contribution >= 0.6 is 0 Å². The maximum Gasteiger partial charge on any atom is 0.256 e. The number of aromatic nitrogens is 2. The average molecular weight is 524 g/mol. The van der Waals surface area contributed by atoms with Crippen LogP contribution in [0.4, 0.5) is 10.1 Å². The number of rotatable bonds is 11. The highest BCUT2D eigenvalue weighted by Gasteiger charge is 2.27. The van der Waals surface area contributed by atoms with Crippen molar-refractivity contribution in [3.63, 3.8) is 0 Å². The van der Waals surface area contributed by atoms with Gasteiger partial charge in [0.2, 0.25) is 17.6 Å². The van der Waals surface area contributed by atoms with E-state index in [-0.39, 0.29) is 30.7 Å². The molecule has 3 aromatic rings. The van der Waals surface area contributed by atoms with Crippen LogP contribution in [-0.4, -0.2) is 76.6 Å². The molecule has 0 radical (unpaired) electrons. The van der Waals surface area contributed by atoms with Crippen LogP contribution in [0.25, 0.3) is 11.4 Å². The van der Waals surface area contributed by atoms with Crippen molar-refractivity contribution in [2.24, 2.45) is 0 Å². The van der Waals surface area contributed by atoms with Crippen molar-refractivity contribution in [2.75, 3.05) is 45.1 Å². The van der Waals surface area contributed by atoms with Crippen molar-refractivity contribution in [1.82, 2.24) is 30.4 Å². The fourth-order valence-corrected chi connectivity index (χ4v) is 4.36. The summed E-state index contributed by atoms with van der Waals surface area (Å²) in [5.41, 5.74) is 4.41. The lowest BCUT2D eigenvalue weighted by Crippen LogP contribution is -2.49. The number of hydrogen-bond donors (Lipinski definition) is 2. The number of aryl methyl sites for hydroxylation is 2. The standard InChI is InChI=1S/C27H34FN7O3/c1-5-29-10-11-34(17-26(37)33(4)35-15-21-6-8-23(28)13-22(21)16-35)25(36)14-30-24-9-7-20(12-18(24)2)27-31-19(3)38-32-27/h6-9,12-13,29-30H,5,10-11,14-17H2,1-4H3. The molecular weight excluding hydrogens is 489 g/mol. The van der Waals surface area contributed by atoms with Gasteiger partial charge in [-0.05, 0) is 60.5 Å². The van der Waals surface area contributed by atoms with Gasteiger partial charge in [0, 0.05) is 51.4 Å². The van der Waals surface area contributed by atoms with Crippen LogP contribution in [-0.2, 0) is 22.7 Å². The lowest BCUT2D eigenvalue weighted by atomic mass is 10.1. The van der Waals surface area contributed by atoms with Crippen LogP contribution in [0.2, 0.25) is 0 Å². The molecule has 202 valence electrons. The van der Waals surface area contributed by atoms with Gasteiger partial charge in [-0.25, -0.2) is 9.40 Å². The fourth-order valence-electron chi connectivity index (χ4n) is 4.36. The number of nitrogens with zero attached hydrogens (tertiary/aromatic N) is 5. The Balaban J connectivity index is 1.37. The highest BCUT2D eigenvalue weighted by Crippen LogP contribution is 2.25. The number of anilines is 1. The fraction of sp³-hybridized carbons (Fsp3) is 0.407. The molecule has 0 unspecified atom stereocenters. The monoisotopic (exact) mass is 523 g/mol. The zero-order valence-electron chi connectivity index (χ0n) is 22.3. The van der Waals surface area contributed by atoms with Crippen molar-refractivity contribution in [1.29, 1.82) is 0 Å². The molecule has 38 heavy (non-hydrogen) atoms. The van der Waals surface area contributed by atoms with Crippen molar-refractivity contribution >= 4 is 17.5 Å². The first-order chi connectivity index (χ1) is 18.2. The Morgan fingerprint density at radius 3 is 2.61 bits per heavy atom. The number of carbonyl (C=O) groups is 2. The number of halogens is 1. The van der Waals surface area contributed by atoms with Crippen LogP contribution in [0.1, 0.15) is 29.5 Å². The van der Waals surface area contributed by atoms with Crippen molar-refractivity contribution in [3.8, 4) is 11.4 Å². The van der Waals surface area contributed by atoms with Crippen LogP contribution in [0.15, 0.2) is 40.9 Å². The second kappa shape index (κ2) is 12.1. The molecule has 1 aliphatic heterocycles. The Labute approximate surface area is 221 Å². The molecule has 0 spiro atoms. The zero-order valence-corrected chi connectivity index (χ0v) is 22.3. The number of hydrogen-bond acceptors (Lipinski definition) is 8. The molecule has 0 atom stereocenters. The van der Waals surface area contributed by atoms with Gasteiger partial charge in [0.25, 0.3) is 5.91 Å². The number of fused-ring (bicyclic) bond motifs is 1. The van der Waals surface area contributed by atoms with E-state index in [1.165, 1.54) is 17.1 Å². The van der Waals surface area contributed by atoms with Crippen LogP contribution < -0.4 is 10.6 Å². The van der Waals surface area contributed by atoms with E-state index in [9.17, 15) is 14.0 Å². The maximum atomic E-state index is 13.6. The maximum absolute atomic E-state index is 13.6. The van der Waals surface area contributed by atoms with Crippen molar-refractivity contribution < 1.29 is 18.5 Å². The molecule has 2 aromatic carbocycles. The average Bonchev–Trinajstić information content (AvgIpc) is 3.52. The number of hydrazine groups is 1. The van der Waals surface area contributed by atoms with E-state index in [1.54, 1.807) is 24.9 Å². The number of likely N-dealkylation sites (N-methyl/N-ethyl adjacent to an activating group) is 2. The molecule has 10 nitrogen and oxygen atoms in total. The Morgan fingerprint density at radius 2 is 1.89 bits per heavy atom. The molecule has 11 heteroatoms. The van der Waals surface area contributed by atoms with Gasteiger partial charge >= 0.3 is 0 Å². The molecule has 1 aliphatic rings. The topological polar surface area (TPSA) is 107 Å². The minimum absolute atomic E-state index is 0.0407. The largest absolute Gasteiger partial charge is 0.376 e. The summed E-state index contributed by atoms with van der Waals surface area (Å²) < 4.78 is 18.7. The van der Waals surface area contributed by atoms with Crippen LogP contribution in [0, 0.1) is 19.7 Å². The van der Waals surface area contributed by atoms with Gasteiger partial charge in [-0.3, -0.25) is 14.6 Å². The Kier molecular flexibility index (Phi) is 8.70. The van der Waals surface area contributed by atoms with E-state index in [0.717, 1.165) is 34.5 Å². The normalized spacial score (nSPS) is 12.9. The molecule has 0 aliphatic carbocycles. The molecule has 0 saturated carbocycles. The SMILES string of the molecule is CCNCCN(CC(=O)N(C)N1Cc2ccc(F)cc2C1)C(=O)CNc1ccc(-c2noc(C)n2)cc1C. The molecule has 2 N–H and O–H groups in total. The molecule has 4 rings (SSSR count). The first-order valence-electron chi connectivity index (χ1n) is 12.7. The molecule has 0 fully saturated rings. The summed E-state index contributed by atoms with van der Waals surface area (Å²) in [5, 5.41) is 13.7. The van der Waals surface area contributed by atoms with E-state index in [1.807, 2.05) is 37.1 Å². The predicted octanol–water partition coefficient (Wildman–Crippen LogP) is 2.73. The Morgan fingerprint density at radius 1 is 1.11 bits per heavy atom. The van der Waals surface area contributed by atoms with Gasteiger partial charge in [-0.1, -0.05) is 18.1 Å². The number of nitrogens with one attached hydrogen (secondary N) is 2. The predicted molar refractivity (Wildman–Crippen MR) is 141 cm³/mol. The molecule has 2 heterocycles. The first-order valence-corrected chi connectivity index (χ1v) is 12.7. The summed E-state index contributed by atoms with van der Waals surface area (Å²) in [6.45, 7) is 8.35. The molecule has 1 aromatic heterocycles. The zero-order chi connectivity index (χ0) is 27.2. The molecule has 0 saturated heterocycles. The van der Waals surface area contributed by atoms with Gasteiger partial charge in [-0.2, -0.15) is 4.98 Å². The van der Waals surface area contributed by atoms with Crippen LogP contribution in [0.3, 0.4) is 0 Å². The second-order valence-electron chi connectivity index (χ2n) is 9.34. The van der Waals surface area contributed by atoms with Gasteiger partial charge in [0.15, 0.2) is 0 Å². The summed E-state index contributed by atoms with van der Waals surface area (Å²) in [7, 11) is 1.69. The smallest absolute Gasteiger partial charge is 0.256 e. The van der Waals surface area contributed by atoms with Crippen molar-refractivity contribution in [3.05, 3.63) is 64.8 Å². The quantitative estimate of drug-likeness (QED) is 0.370. The summed E-state index contributed by atoms with van der Waals surface area (Å²) in [6.07, 6.45) is 0. The molecule has 0 bridgehead atoms. The van der Waals surface area contributed by atoms with Gasteiger partial charge in [0.05, 0.1) is 6.54 Å². The molecular formula is C27H34FN7O3. The third-order valence-electron chi connectivity index (χ3n) is 6.59.